The van der Waals surface area contributed by atoms with Crippen molar-refractivity contribution in [2.45, 2.75) is 18.9 Å². The van der Waals surface area contributed by atoms with E-state index in [1.165, 1.54) is 0 Å². The molecule has 0 aromatic carbocycles. The van der Waals surface area contributed by atoms with Crippen LogP contribution in [0.1, 0.15) is 34.0 Å². The van der Waals surface area contributed by atoms with Gasteiger partial charge in [0, 0.05) is 51.1 Å². The molecule has 0 unspecified atom stereocenters. The number of amides is 1. The summed E-state index contributed by atoms with van der Waals surface area (Å²) in [5, 5.41) is 12.6. The van der Waals surface area contributed by atoms with Crippen LogP contribution < -0.4 is 10.6 Å². The maximum absolute atomic E-state index is 11.9. The van der Waals surface area contributed by atoms with Gasteiger partial charge >= 0.3 is 0 Å². The zero-order valence-electron chi connectivity index (χ0n) is 13.3. The van der Waals surface area contributed by atoms with Crippen molar-refractivity contribution in [3.05, 3.63) is 35.4 Å². The van der Waals surface area contributed by atoms with E-state index in [2.05, 4.69) is 35.7 Å². The highest BCUT2D eigenvalue weighted by atomic mass is 16.1. The van der Waals surface area contributed by atoms with Gasteiger partial charge in [-0.25, -0.2) is 9.97 Å². The molecule has 2 aromatic heterocycles. The van der Waals surface area contributed by atoms with E-state index >= 15 is 0 Å². The molecule has 23 heavy (non-hydrogen) atoms. The number of likely N-dealkylation sites (tertiary alicyclic amines) is 1. The SMILES string of the molecule is CNC(=O)c1cn[nH]c1[C@@H]1CCN(Cc2cnc(NC)nc2)C1. The van der Waals surface area contributed by atoms with E-state index in [0.717, 1.165) is 37.3 Å². The Morgan fingerprint density at radius 2 is 2.13 bits per heavy atom. The quantitative estimate of drug-likeness (QED) is 0.747. The second kappa shape index (κ2) is 6.74. The van der Waals surface area contributed by atoms with E-state index < -0.39 is 0 Å². The van der Waals surface area contributed by atoms with Crippen LogP contribution >= 0.6 is 0 Å². The molecule has 3 heterocycles. The third kappa shape index (κ3) is 3.31. The summed E-state index contributed by atoms with van der Waals surface area (Å²) in [7, 11) is 3.43. The lowest BCUT2D eigenvalue weighted by atomic mass is 10.0. The van der Waals surface area contributed by atoms with Crippen molar-refractivity contribution in [3.63, 3.8) is 0 Å². The fourth-order valence-corrected chi connectivity index (χ4v) is 2.96. The van der Waals surface area contributed by atoms with Crippen molar-refractivity contribution in [1.29, 1.82) is 0 Å². The van der Waals surface area contributed by atoms with Gasteiger partial charge in [-0.3, -0.25) is 14.8 Å². The Balaban J connectivity index is 1.64. The van der Waals surface area contributed by atoms with Crippen molar-refractivity contribution in [1.82, 2.24) is 30.4 Å². The minimum absolute atomic E-state index is 0.0942. The Morgan fingerprint density at radius 3 is 2.83 bits per heavy atom. The van der Waals surface area contributed by atoms with Gasteiger partial charge in [-0.2, -0.15) is 5.10 Å². The normalized spacial score (nSPS) is 18.1. The van der Waals surface area contributed by atoms with Crippen LogP contribution in [-0.2, 0) is 6.54 Å². The largest absolute Gasteiger partial charge is 0.357 e. The van der Waals surface area contributed by atoms with Crippen LogP contribution in [0.2, 0.25) is 0 Å². The number of aromatic amines is 1. The van der Waals surface area contributed by atoms with E-state index in [9.17, 15) is 4.79 Å². The fraction of sp³-hybridized carbons (Fsp3) is 0.467. The molecule has 1 fully saturated rings. The second-order valence-corrected chi connectivity index (χ2v) is 5.66. The molecule has 2 aromatic rings. The van der Waals surface area contributed by atoms with Gasteiger partial charge in [0.15, 0.2) is 0 Å². The molecule has 0 spiro atoms. The zero-order chi connectivity index (χ0) is 16.2. The van der Waals surface area contributed by atoms with Gasteiger partial charge < -0.3 is 10.6 Å². The number of H-pyrrole nitrogens is 1. The third-order valence-electron chi connectivity index (χ3n) is 4.16. The molecule has 0 saturated carbocycles. The smallest absolute Gasteiger partial charge is 0.254 e. The van der Waals surface area contributed by atoms with Crippen LogP contribution in [-0.4, -0.2) is 58.2 Å². The van der Waals surface area contributed by atoms with Gasteiger partial charge in [0.05, 0.1) is 17.5 Å². The van der Waals surface area contributed by atoms with Gasteiger partial charge in [0.2, 0.25) is 5.95 Å². The Morgan fingerprint density at radius 1 is 1.35 bits per heavy atom. The monoisotopic (exact) mass is 315 g/mol. The van der Waals surface area contributed by atoms with Gasteiger partial charge in [0.1, 0.15) is 0 Å². The fourth-order valence-electron chi connectivity index (χ4n) is 2.96. The molecule has 8 nitrogen and oxygen atoms in total. The molecule has 0 bridgehead atoms. The first-order chi connectivity index (χ1) is 11.2. The first-order valence-electron chi connectivity index (χ1n) is 7.67. The average molecular weight is 315 g/mol. The van der Waals surface area contributed by atoms with E-state index in [1.54, 1.807) is 20.3 Å². The van der Waals surface area contributed by atoms with Gasteiger partial charge in [-0.05, 0) is 13.0 Å². The summed E-state index contributed by atoms with van der Waals surface area (Å²) in [5.74, 6) is 0.825. The van der Waals surface area contributed by atoms with Crippen molar-refractivity contribution in [2.75, 3.05) is 32.5 Å². The van der Waals surface area contributed by atoms with Crippen LogP contribution in [0.25, 0.3) is 0 Å². The lowest BCUT2D eigenvalue weighted by molar-refractivity contribution is 0.0961. The summed E-state index contributed by atoms with van der Waals surface area (Å²) in [5.41, 5.74) is 2.65. The molecule has 1 saturated heterocycles. The summed E-state index contributed by atoms with van der Waals surface area (Å²) in [6, 6.07) is 0. The molecule has 1 aliphatic heterocycles. The van der Waals surface area contributed by atoms with E-state index in [-0.39, 0.29) is 5.91 Å². The molecule has 0 radical (unpaired) electrons. The van der Waals surface area contributed by atoms with E-state index in [0.29, 0.717) is 17.4 Å². The van der Waals surface area contributed by atoms with Crippen LogP contribution in [0.15, 0.2) is 18.6 Å². The minimum Gasteiger partial charge on any atom is -0.357 e. The number of hydrogen-bond donors (Lipinski definition) is 3. The lowest BCUT2D eigenvalue weighted by Crippen LogP contribution is -2.22. The van der Waals surface area contributed by atoms with Gasteiger partial charge in [0.25, 0.3) is 5.91 Å². The summed E-state index contributed by atoms with van der Waals surface area (Å²) in [6.45, 7) is 2.68. The van der Waals surface area contributed by atoms with Gasteiger partial charge in [-0.1, -0.05) is 0 Å². The highest BCUT2D eigenvalue weighted by molar-refractivity contribution is 5.95. The summed E-state index contributed by atoms with van der Waals surface area (Å²) in [4.78, 5) is 22.7. The molecular weight excluding hydrogens is 294 g/mol. The Hall–Kier alpha value is -2.48. The van der Waals surface area contributed by atoms with E-state index in [4.69, 9.17) is 0 Å². The number of nitrogens with zero attached hydrogens (tertiary/aromatic N) is 4. The molecular formula is C15H21N7O. The number of nitrogens with one attached hydrogen (secondary N) is 3. The number of carbonyl (C=O) groups excluding carboxylic acids is 1. The number of anilines is 1. The van der Waals surface area contributed by atoms with Crippen LogP contribution in [0.5, 0.6) is 0 Å². The standard InChI is InChI=1S/C15H21N7O/c1-16-14(23)12-7-20-21-13(12)11-3-4-22(9-11)8-10-5-18-15(17-2)19-6-10/h5-7,11H,3-4,8-9H2,1-2H3,(H,16,23)(H,20,21)(H,17,18,19)/t11-/m1/s1. The highest BCUT2D eigenvalue weighted by Crippen LogP contribution is 2.28. The van der Waals surface area contributed by atoms with Crippen molar-refractivity contribution in [3.8, 4) is 0 Å². The lowest BCUT2D eigenvalue weighted by Gasteiger charge is -2.15. The number of aromatic nitrogens is 4. The van der Waals surface area contributed by atoms with Crippen molar-refractivity contribution < 1.29 is 4.79 Å². The molecule has 8 heteroatoms. The van der Waals surface area contributed by atoms with Gasteiger partial charge in [-0.15, -0.1) is 0 Å². The molecule has 122 valence electrons. The maximum Gasteiger partial charge on any atom is 0.254 e. The number of hydrogen-bond acceptors (Lipinski definition) is 6. The topological polar surface area (TPSA) is 98.8 Å². The first kappa shape index (κ1) is 15.4. The van der Waals surface area contributed by atoms with Crippen molar-refractivity contribution in [2.24, 2.45) is 0 Å². The number of rotatable bonds is 5. The zero-order valence-corrected chi connectivity index (χ0v) is 13.3. The molecule has 1 aliphatic rings. The summed E-state index contributed by atoms with van der Waals surface area (Å²) < 4.78 is 0. The molecule has 3 N–H and O–H groups in total. The molecule has 0 aliphatic carbocycles. The highest BCUT2D eigenvalue weighted by Gasteiger charge is 2.28. The Labute approximate surface area is 134 Å². The van der Waals surface area contributed by atoms with Crippen LogP contribution in [0, 0.1) is 0 Å². The summed E-state index contributed by atoms with van der Waals surface area (Å²) in [6.07, 6.45) is 6.29. The Bertz CT molecular complexity index is 667. The maximum atomic E-state index is 11.9. The van der Waals surface area contributed by atoms with Crippen LogP contribution in [0.4, 0.5) is 5.95 Å². The molecule has 1 atom stereocenters. The first-order valence-corrected chi connectivity index (χ1v) is 7.67. The van der Waals surface area contributed by atoms with Crippen LogP contribution in [0.3, 0.4) is 0 Å². The predicted molar refractivity (Wildman–Crippen MR) is 86.2 cm³/mol. The molecule has 1 amide bonds. The van der Waals surface area contributed by atoms with Crippen molar-refractivity contribution >= 4 is 11.9 Å². The van der Waals surface area contributed by atoms with E-state index in [1.807, 2.05) is 12.4 Å². The predicted octanol–water partition coefficient (Wildman–Crippen LogP) is 0.590. The Kier molecular flexibility index (Phi) is 4.52. The third-order valence-corrected chi connectivity index (χ3v) is 4.16. The minimum atomic E-state index is -0.0942. The average Bonchev–Trinajstić information content (AvgIpc) is 3.23. The molecule has 3 rings (SSSR count). The number of carbonyl (C=O) groups is 1. The summed E-state index contributed by atoms with van der Waals surface area (Å²) >= 11 is 0. The second-order valence-electron chi connectivity index (χ2n) is 5.66.